The summed E-state index contributed by atoms with van der Waals surface area (Å²) in [5, 5.41) is 0. The molecule has 32 heavy (non-hydrogen) atoms. The minimum atomic E-state index is -2.97. The van der Waals surface area contributed by atoms with E-state index in [9.17, 15) is 22.4 Å². The second-order valence-electron chi connectivity index (χ2n) is 7.07. The maximum Gasteiger partial charge on any atom is 0.387 e. The third-order valence-electron chi connectivity index (χ3n) is 4.67. The molecule has 0 aliphatic heterocycles. The monoisotopic (exact) mass is 453 g/mol. The zero-order chi connectivity index (χ0) is 23.1. The number of halogens is 4. The van der Waals surface area contributed by atoms with Crippen LogP contribution in [0.25, 0.3) is 6.08 Å². The van der Waals surface area contributed by atoms with Gasteiger partial charge in [0, 0.05) is 18.7 Å². The number of rotatable bonds is 11. The highest BCUT2D eigenvalue weighted by molar-refractivity contribution is 5.92. The number of hydrogen-bond donors (Lipinski definition) is 0. The van der Waals surface area contributed by atoms with E-state index in [1.54, 1.807) is 42.2 Å². The normalized spacial score (nSPS) is 13.6. The summed E-state index contributed by atoms with van der Waals surface area (Å²) >= 11 is 0. The molecule has 1 amide bonds. The second-order valence-corrected chi connectivity index (χ2v) is 7.07. The van der Waals surface area contributed by atoms with Crippen LogP contribution in [0.4, 0.5) is 17.6 Å². The lowest BCUT2D eigenvalue weighted by Crippen LogP contribution is -2.31. The largest absolute Gasteiger partial charge is 0.490 e. The predicted octanol–water partition coefficient (Wildman–Crippen LogP) is 5.49. The molecule has 0 N–H and O–H groups in total. The Hall–Kier alpha value is -3.23. The molecule has 1 aliphatic carbocycles. The summed E-state index contributed by atoms with van der Waals surface area (Å²) in [6.45, 7) is -3.58. The molecule has 9 heteroatoms. The van der Waals surface area contributed by atoms with Gasteiger partial charge >= 0.3 is 13.2 Å². The van der Waals surface area contributed by atoms with Crippen LogP contribution in [0.3, 0.4) is 0 Å². The van der Waals surface area contributed by atoms with E-state index >= 15 is 0 Å². The molecule has 0 saturated heterocycles. The fourth-order valence-electron chi connectivity index (χ4n) is 3.11. The Morgan fingerprint density at radius 1 is 1.03 bits per heavy atom. The average Bonchev–Trinajstić information content (AvgIpc) is 3.57. The summed E-state index contributed by atoms with van der Waals surface area (Å²) in [6.07, 6.45) is 4.77. The first-order valence-electron chi connectivity index (χ1n) is 10.1. The van der Waals surface area contributed by atoms with E-state index in [0.29, 0.717) is 5.56 Å². The Morgan fingerprint density at radius 2 is 1.72 bits per heavy atom. The summed E-state index contributed by atoms with van der Waals surface area (Å²) in [4.78, 5) is 14.5. The van der Waals surface area contributed by atoms with Gasteiger partial charge in [0.2, 0.25) is 5.91 Å². The van der Waals surface area contributed by atoms with Gasteiger partial charge in [-0.1, -0.05) is 18.2 Å². The molecule has 172 valence electrons. The van der Waals surface area contributed by atoms with Crippen LogP contribution in [-0.2, 0) is 11.3 Å². The van der Waals surface area contributed by atoms with Crippen molar-refractivity contribution in [1.29, 1.82) is 0 Å². The Morgan fingerprint density at radius 3 is 2.31 bits per heavy atom. The van der Waals surface area contributed by atoms with Crippen LogP contribution in [0, 0.1) is 0 Å². The van der Waals surface area contributed by atoms with Crippen LogP contribution >= 0.6 is 0 Å². The Labute approximate surface area is 183 Å². The van der Waals surface area contributed by atoms with Crippen LogP contribution in [0.15, 0.2) is 48.5 Å². The summed E-state index contributed by atoms with van der Waals surface area (Å²) < 4.78 is 63.8. The van der Waals surface area contributed by atoms with Gasteiger partial charge in [0.05, 0.1) is 6.61 Å². The van der Waals surface area contributed by atoms with E-state index in [-0.39, 0.29) is 42.3 Å². The first kappa shape index (κ1) is 23.4. The highest BCUT2D eigenvalue weighted by Gasteiger charge is 2.31. The Kier molecular flexibility index (Phi) is 7.97. The lowest BCUT2D eigenvalue weighted by Gasteiger charge is -2.22. The summed E-state index contributed by atoms with van der Waals surface area (Å²) in [6, 6.07) is 10.6. The van der Waals surface area contributed by atoms with E-state index in [2.05, 4.69) is 9.47 Å². The van der Waals surface area contributed by atoms with Crippen LogP contribution in [0.2, 0.25) is 0 Å². The van der Waals surface area contributed by atoms with E-state index in [1.807, 2.05) is 0 Å². The van der Waals surface area contributed by atoms with Crippen molar-refractivity contribution in [2.24, 2.45) is 0 Å². The summed E-state index contributed by atoms with van der Waals surface area (Å²) in [5.74, 6) is -0.0528. The van der Waals surface area contributed by atoms with Crippen LogP contribution < -0.4 is 14.2 Å². The van der Waals surface area contributed by atoms with Gasteiger partial charge in [-0.25, -0.2) is 0 Å². The first-order chi connectivity index (χ1) is 15.4. The molecule has 2 aromatic rings. The molecule has 3 rings (SSSR count). The summed E-state index contributed by atoms with van der Waals surface area (Å²) in [5.41, 5.74) is 1.38. The number of alkyl halides is 4. The molecule has 0 atom stereocenters. The van der Waals surface area contributed by atoms with Gasteiger partial charge in [0.1, 0.15) is 5.75 Å². The van der Waals surface area contributed by atoms with E-state index in [4.69, 9.17) is 4.74 Å². The van der Waals surface area contributed by atoms with Gasteiger partial charge in [0.15, 0.2) is 11.5 Å². The fourth-order valence-corrected chi connectivity index (χ4v) is 3.11. The van der Waals surface area contributed by atoms with E-state index in [1.165, 1.54) is 24.3 Å². The molecule has 2 aromatic carbocycles. The smallest absolute Gasteiger partial charge is 0.387 e. The number of ether oxygens (including phenoxy) is 3. The lowest BCUT2D eigenvalue weighted by atomic mass is 10.1. The molecule has 5 nitrogen and oxygen atoms in total. The predicted molar refractivity (Wildman–Crippen MR) is 110 cm³/mol. The van der Waals surface area contributed by atoms with Crippen molar-refractivity contribution < 1.29 is 36.6 Å². The second kappa shape index (κ2) is 10.9. The first-order valence-corrected chi connectivity index (χ1v) is 10.1. The van der Waals surface area contributed by atoms with Crippen LogP contribution in [-0.4, -0.2) is 36.7 Å². The van der Waals surface area contributed by atoms with Gasteiger partial charge < -0.3 is 19.1 Å². The Balaban J connectivity index is 1.69. The molecule has 0 heterocycles. The maximum absolute atomic E-state index is 12.8. The zero-order valence-electron chi connectivity index (χ0n) is 17.3. The molecule has 0 bridgehead atoms. The molecule has 0 unspecified atom stereocenters. The molecule has 0 aromatic heterocycles. The van der Waals surface area contributed by atoms with Crippen molar-refractivity contribution in [3.05, 3.63) is 59.7 Å². The minimum Gasteiger partial charge on any atom is -0.490 e. The molecule has 1 saturated carbocycles. The molecule has 1 aliphatic rings. The topological polar surface area (TPSA) is 48.0 Å². The standard InChI is InChI=1S/C23H23F4NO4/c1-2-30-20-13-16(5-11-19(20)32-23(26)27)14-28(17-7-8-17)21(29)12-6-15-3-9-18(10-4-15)31-22(24)25/h3-6,9-13,17,22-23H,2,7-8,14H2,1H3. The van der Waals surface area contributed by atoms with E-state index < -0.39 is 13.2 Å². The Bertz CT molecular complexity index is 930. The molecule has 0 radical (unpaired) electrons. The third-order valence-corrected chi connectivity index (χ3v) is 4.67. The number of carbonyl (C=O) groups is 1. The highest BCUT2D eigenvalue weighted by atomic mass is 19.3. The van der Waals surface area contributed by atoms with Crippen molar-refractivity contribution in [2.75, 3.05) is 6.61 Å². The number of hydrogen-bond acceptors (Lipinski definition) is 4. The van der Waals surface area contributed by atoms with Crippen molar-refractivity contribution in [1.82, 2.24) is 4.90 Å². The van der Waals surface area contributed by atoms with Crippen LogP contribution in [0.5, 0.6) is 17.2 Å². The van der Waals surface area contributed by atoms with Crippen molar-refractivity contribution in [2.45, 2.75) is 45.6 Å². The molecular formula is C23H23F4NO4. The van der Waals surface area contributed by atoms with Crippen molar-refractivity contribution >= 4 is 12.0 Å². The van der Waals surface area contributed by atoms with Crippen molar-refractivity contribution in [3.8, 4) is 17.2 Å². The third kappa shape index (κ3) is 6.90. The maximum atomic E-state index is 12.8. The molecular weight excluding hydrogens is 430 g/mol. The lowest BCUT2D eigenvalue weighted by molar-refractivity contribution is -0.127. The van der Waals surface area contributed by atoms with Crippen molar-refractivity contribution in [3.63, 3.8) is 0 Å². The fraction of sp³-hybridized carbons (Fsp3) is 0.348. The van der Waals surface area contributed by atoms with Gasteiger partial charge in [-0.3, -0.25) is 4.79 Å². The van der Waals surface area contributed by atoms with Gasteiger partial charge in [-0.15, -0.1) is 0 Å². The minimum absolute atomic E-state index is 0.0347. The molecule has 1 fully saturated rings. The van der Waals surface area contributed by atoms with Gasteiger partial charge in [-0.05, 0) is 61.2 Å². The number of carbonyl (C=O) groups excluding carboxylic acids is 1. The van der Waals surface area contributed by atoms with Gasteiger partial charge in [-0.2, -0.15) is 17.6 Å². The summed E-state index contributed by atoms with van der Waals surface area (Å²) in [7, 11) is 0. The van der Waals surface area contributed by atoms with E-state index in [0.717, 1.165) is 18.4 Å². The van der Waals surface area contributed by atoms with Crippen LogP contribution in [0.1, 0.15) is 30.9 Å². The van der Waals surface area contributed by atoms with Gasteiger partial charge in [0.25, 0.3) is 0 Å². The zero-order valence-corrected chi connectivity index (χ0v) is 17.3. The quantitative estimate of drug-likeness (QED) is 0.333. The highest BCUT2D eigenvalue weighted by Crippen LogP contribution is 2.33. The number of amides is 1. The number of nitrogens with zero attached hydrogens (tertiary/aromatic N) is 1. The average molecular weight is 453 g/mol. The molecule has 0 spiro atoms. The number of benzene rings is 2. The SMILES string of the molecule is CCOc1cc(CN(C(=O)C=Cc2ccc(OC(F)F)cc2)C2CC2)ccc1OC(F)F.